The van der Waals surface area contributed by atoms with Crippen LogP contribution in [0.1, 0.15) is 25.5 Å². The lowest BCUT2D eigenvalue weighted by molar-refractivity contribution is -0.152. The number of methoxy groups -OCH3 is 1. The van der Waals surface area contributed by atoms with Crippen molar-refractivity contribution in [3.05, 3.63) is 35.6 Å². The summed E-state index contributed by atoms with van der Waals surface area (Å²) in [6.07, 6.45) is 0.0951. The van der Waals surface area contributed by atoms with Gasteiger partial charge in [0.05, 0.1) is 19.3 Å². The van der Waals surface area contributed by atoms with E-state index in [4.69, 9.17) is 9.47 Å². The van der Waals surface area contributed by atoms with Gasteiger partial charge < -0.3 is 9.47 Å². The number of hydrogen-bond acceptors (Lipinski definition) is 4. The van der Waals surface area contributed by atoms with Crippen LogP contribution in [0.15, 0.2) is 24.3 Å². The molecular weight excluding hydrogens is 261 g/mol. The number of esters is 1. The predicted molar refractivity (Wildman–Crippen MR) is 72.7 cm³/mol. The molecule has 0 aromatic heterocycles. The number of carbonyl (C=O) groups excluding carboxylic acids is 1. The van der Waals surface area contributed by atoms with Crippen molar-refractivity contribution in [1.29, 1.82) is 0 Å². The summed E-state index contributed by atoms with van der Waals surface area (Å²) in [5, 5.41) is 0. The molecule has 0 bridgehead atoms. The topological polar surface area (TPSA) is 38.8 Å². The standard InChI is InChI=1S/C15H20FNO3/c1-10-8-17(9-11(2)20-10)14(15(18)19-3)12-4-6-13(16)7-5-12/h4-7,10-11,14H,8-9H2,1-3H3/t10-,11-,14+/m1/s1. The van der Waals surface area contributed by atoms with Crippen LogP contribution in [-0.2, 0) is 14.3 Å². The summed E-state index contributed by atoms with van der Waals surface area (Å²) in [6.45, 7) is 5.23. The van der Waals surface area contributed by atoms with Gasteiger partial charge in [0.25, 0.3) is 0 Å². The number of nitrogens with zero attached hydrogens (tertiary/aromatic N) is 1. The van der Waals surface area contributed by atoms with Crippen LogP contribution in [0.4, 0.5) is 4.39 Å². The van der Waals surface area contributed by atoms with Crippen LogP contribution >= 0.6 is 0 Å². The van der Waals surface area contributed by atoms with Crippen LogP contribution in [0.3, 0.4) is 0 Å². The molecule has 0 aliphatic carbocycles. The van der Waals surface area contributed by atoms with Crippen LogP contribution in [0, 0.1) is 5.82 Å². The van der Waals surface area contributed by atoms with Gasteiger partial charge in [-0.3, -0.25) is 4.90 Å². The van der Waals surface area contributed by atoms with E-state index in [1.54, 1.807) is 12.1 Å². The summed E-state index contributed by atoms with van der Waals surface area (Å²) in [7, 11) is 1.37. The Morgan fingerprint density at radius 3 is 2.35 bits per heavy atom. The van der Waals surface area contributed by atoms with E-state index in [0.717, 1.165) is 5.56 Å². The van der Waals surface area contributed by atoms with E-state index < -0.39 is 6.04 Å². The minimum atomic E-state index is -0.519. The monoisotopic (exact) mass is 281 g/mol. The van der Waals surface area contributed by atoms with Crippen molar-refractivity contribution in [2.75, 3.05) is 20.2 Å². The van der Waals surface area contributed by atoms with Crippen molar-refractivity contribution < 1.29 is 18.7 Å². The molecule has 110 valence electrons. The molecule has 0 amide bonds. The van der Waals surface area contributed by atoms with E-state index in [1.165, 1.54) is 19.2 Å². The third kappa shape index (κ3) is 3.35. The first-order valence-corrected chi connectivity index (χ1v) is 6.74. The molecule has 1 aliphatic rings. The zero-order chi connectivity index (χ0) is 14.7. The molecule has 1 aliphatic heterocycles. The fraction of sp³-hybridized carbons (Fsp3) is 0.533. The van der Waals surface area contributed by atoms with Gasteiger partial charge in [-0.2, -0.15) is 0 Å². The molecule has 0 unspecified atom stereocenters. The molecular formula is C15H20FNO3. The summed E-state index contributed by atoms with van der Waals surface area (Å²) in [5.41, 5.74) is 0.736. The van der Waals surface area contributed by atoms with Crippen LogP contribution in [0.2, 0.25) is 0 Å². The fourth-order valence-corrected chi connectivity index (χ4v) is 2.68. The number of ether oxygens (including phenoxy) is 2. The van der Waals surface area contributed by atoms with Crippen LogP contribution in [0.5, 0.6) is 0 Å². The first kappa shape index (κ1) is 14.9. The molecule has 1 saturated heterocycles. The summed E-state index contributed by atoms with van der Waals surface area (Å²) >= 11 is 0. The lowest BCUT2D eigenvalue weighted by atomic mass is 10.0. The third-order valence-corrected chi connectivity index (χ3v) is 3.42. The highest BCUT2D eigenvalue weighted by atomic mass is 19.1. The van der Waals surface area contributed by atoms with Crippen LogP contribution < -0.4 is 0 Å². The van der Waals surface area contributed by atoms with Gasteiger partial charge in [0, 0.05) is 13.1 Å². The SMILES string of the molecule is COC(=O)[C@H](c1ccc(F)cc1)N1C[C@@H](C)O[C@H](C)C1. The number of rotatable bonds is 3. The van der Waals surface area contributed by atoms with Crippen molar-refractivity contribution in [2.24, 2.45) is 0 Å². The maximum absolute atomic E-state index is 13.0. The molecule has 1 aromatic rings. The summed E-state index contributed by atoms with van der Waals surface area (Å²) in [4.78, 5) is 14.1. The molecule has 1 heterocycles. The van der Waals surface area contributed by atoms with Crippen molar-refractivity contribution in [1.82, 2.24) is 4.90 Å². The molecule has 3 atom stereocenters. The number of carbonyl (C=O) groups is 1. The number of morpholine rings is 1. The van der Waals surface area contributed by atoms with Crippen molar-refractivity contribution in [2.45, 2.75) is 32.1 Å². The van der Waals surface area contributed by atoms with Gasteiger partial charge in [0.15, 0.2) is 0 Å². The van der Waals surface area contributed by atoms with Gasteiger partial charge in [0.2, 0.25) is 0 Å². The number of benzene rings is 1. The van der Waals surface area contributed by atoms with E-state index in [2.05, 4.69) is 0 Å². The van der Waals surface area contributed by atoms with Gasteiger partial charge in [-0.05, 0) is 31.5 Å². The molecule has 4 nitrogen and oxygen atoms in total. The van der Waals surface area contributed by atoms with Gasteiger partial charge in [-0.25, -0.2) is 9.18 Å². The first-order chi connectivity index (χ1) is 9.51. The molecule has 0 saturated carbocycles. The van der Waals surface area contributed by atoms with Crippen molar-refractivity contribution >= 4 is 5.97 Å². The highest BCUT2D eigenvalue weighted by molar-refractivity contribution is 5.77. The zero-order valence-corrected chi connectivity index (χ0v) is 12.0. The quantitative estimate of drug-likeness (QED) is 0.796. The van der Waals surface area contributed by atoms with E-state index in [9.17, 15) is 9.18 Å². The Hall–Kier alpha value is -1.46. The Labute approximate surface area is 118 Å². The second-order valence-electron chi connectivity index (χ2n) is 5.19. The maximum Gasteiger partial charge on any atom is 0.327 e. The van der Waals surface area contributed by atoms with E-state index >= 15 is 0 Å². The lowest BCUT2D eigenvalue weighted by Crippen LogP contribution is -2.49. The molecule has 0 N–H and O–H groups in total. The highest BCUT2D eigenvalue weighted by Crippen LogP contribution is 2.26. The molecule has 0 radical (unpaired) electrons. The Morgan fingerprint density at radius 2 is 1.85 bits per heavy atom. The third-order valence-electron chi connectivity index (χ3n) is 3.42. The minimum Gasteiger partial charge on any atom is -0.468 e. The van der Waals surface area contributed by atoms with Crippen LogP contribution in [0.25, 0.3) is 0 Å². The highest BCUT2D eigenvalue weighted by Gasteiger charge is 2.33. The molecule has 20 heavy (non-hydrogen) atoms. The Morgan fingerprint density at radius 1 is 1.30 bits per heavy atom. The number of hydrogen-bond donors (Lipinski definition) is 0. The van der Waals surface area contributed by atoms with Crippen molar-refractivity contribution in [3.63, 3.8) is 0 Å². The maximum atomic E-state index is 13.0. The van der Waals surface area contributed by atoms with Crippen molar-refractivity contribution in [3.8, 4) is 0 Å². The van der Waals surface area contributed by atoms with E-state index in [0.29, 0.717) is 13.1 Å². The Kier molecular flexibility index (Phi) is 4.73. The van der Waals surface area contributed by atoms with Gasteiger partial charge in [-0.1, -0.05) is 12.1 Å². The van der Waals surface area contributed by atoms with E-state index in [1.807, 2.05) is 18.7 Å². The van der Waals surface area contributed by atoms with Crippen LogP contribution in [-0.4, -0.2) is 43.3 Å². The zero-order valence-electron chi connectivity index (χ0n) is 12.0. The smallest absolute Gasteiger partial charge is 0.327 e. The molecule has 1 aromatic carbocycles. The molecule has 2 rings (SSSR count). The second-order valence-corrected chi connectivity index (χ2v) is 5.19. The second kappa shape index (κ2) is 6.33. The first-order valence-electron chi connectivity index (χ1n) is 6.74. The minimum absolute atomic E-state index is 0.0476. The largest absolute Gasteiger partial charge is 0.468 e. The van der Waals surface area contributed by atoms with E-state index in [-0.39, 0.29) is 24.0 Å². The predicted octanol–water partition coefficient (Wildman–Crippen LogP) is 2.15. The number of halogens is 1. The van der Waals surface area contributed by atoms with Gasteiger partial charge >= 0.3 is 5.97 Å². The average Bonchev–Trinajstić information content (AvgIpc) is 2.40. The normalized spacial score (nSPS) is 25.2. The molecule has 0 spiro atoms. The summed E-state index contributed by atoms with van der Waals surface area (Å²) in [5.74, 6) is -0.654. The molecule has 5 heteroatoms. The Bertz CT molecular complexity index is 453. The average molecular weight is 281 g/mol. The molecule has 1 fully saturated rings. The van der Waals surface area contributed by atoms with Gasteiger partial charge in [0.1, 0.15) is 11.9 Å². The fourth-order valence-electron chi connectivity index (χ4n) is 2.68. The van der Waals surface area contributed by atoms with Gasteiger partial charge in [-0.15, -0.1) is 0 Å². The summed E-state index contributed by atoms with van der Waals surface area (Å²) in [6, 6.07) is 5.45. The summed E-state index contributed by atoms with van der Waals surface area (Å²) < 4.78 is 23.6. The lowest BCUT2D eigenvalue weighted by Gasteiger charge is -2.39. The Balaban J connectivity index is 2.27.